The maximum absolute atomic E-state index is 12.9. The third-order valence-corrected chi connectivity index (χ3v) is 5.52. The minimum atomic E-state index is -0.506. The Balaban J connectivity index is 1.76. The Morgan fingerprint density at radius 2 is 1.79 bits per heavy atom. The zero-order valence-electron chi connectivity index (χ0n) is 15.1. The van der Waals surface area contributed by atoms with E-state index in [9.17, 15) is 4.79 Å². The number of fused-ring (bicyclic) bond motifs is 1. The largest absolute Gasteiger partial charge is 0.323 e. The first-order valence-corrected chi connectivity index (χ1v) is 10.0. The second-order valence-electron chi connectivity index (χ2n) is 6.47. The molecule has 4 aromatic rings. The predicted molar refractivity (Wildman–Crippen MR) is 118 cm³/mol. The van der Waals surface area contributed by atoms with Gasteiger partial charge in [0.2, 0.25) is 5.91 Å². The zero-order chi connectivity index (χ0) is 19.7. The van der Waals surface area contributed by atoms with Gasteiger partial charge in [0.25, 0.3) is 0 Å². The van der Waals surface area contributed by atoms with Crippen LogP contribution in [0.2, 0.25) is 5.02 Å². The molecule has 0 unspecified atom stereocenters. The van der Waals surface area contributed by atoms with Crippen molar-refractivity contribution in [2.24, 2.45) is 0 Å². The summed E-state index contributed by atoms with van der Waals surface area (Å²) in [6, 6.07) is 22.5. The lowest BCUT2D eigenvalue weighted by Gasteiger charge is -2.14. The summed E-state index contributed by atoms with van der Waals surface area (Å²) in [4.78, 5) is 12.9. The number of benzene rings is 3. The molecule has 28 heavy (non-hydrogen) atoms. The Bertz CT molecular complexity index is 1160. The molecule has 4 rings (SSSR count). The van der Waals surface area contributed by atoms with E-state index in [1.54, 1.807) is 4.68 Å². The summed E-state index contributed by atoms with van der Waals surface area (Å²) in [5, 5.41) is 9.28. The van der Waals surface area contributed by atoms with Crippen molar-refractivity contribution < 1.29 is 4.79 Å². The van der Waals surface area contributed by atoms with Crippen molar-refractivity contribution in [3.63, 3.8) is 0 Å². The van der Waals surface area contributed by atoms with Crippen molar-refractivity contribution in [1.82, 2.24) is 9.78 Å². The van der Waals surface area contributed by atoms with Crippen molar-refractivity contribution >= 4 is 50.0 Å². The number of hydrogen-bond acceptors (Lipinski definition) is 2. The molecule has 0 aliphatic rings. The SMILES string of the molecule is C[C@@H](C(=O)Nc1ccccc1Br)n1nc(-c2ccccc2)c2cc(Cl)ccc21. The summed E-state index contributed by atoms with van der Waals surface area (Å²) >= 11 is 9.69. The van der Waals surface area contributed by atoms with Gasteiger partial charge in [-0.3, -0.25) is 9.48 Å². The lowest BCUT2D eigenvalue weighted by Crippen LogP contribution is -2.24. The number of halogens is 2. The van der Waals surface area contributed by atoms with Crippen LogP contribution in [-0.4, -0.2) is 15.7 Å². The molecule has 0 spiro atoms. The molecule has 0 fully saturated rings. The van der Waals surface area contributed by atoms with E-state index >= 15 is 0 Å². The lowest BCUT2D eigenvalue weighted by molar-refractivity contribution is -0.118. The number of hydrogen-bond donors (Lipinski definition) is 1. The van der Waals surface area contributed by atoms with Gasteiger partial charge in [0.05, 0.1) is 11.2 Å². The van der Waals surface area contributed by atoms with Gasteiger partial charge >= 0.3 is 0 Å². The van der Waals surface area contributed by atoms with Crippen LogP contribution in [0.15, 0.2) is 77.3 Å². The first-order valence-electron chi connectivity index (χ1n) is 8.83. The van der Waals surface area contributed by atoms with Crippen LogP contribution in [0.3, 0.4) is 0 Å². The second kappa shape index (κ2) is 7.78. The number of aromatic nitrogens is 2. The highest BCUT2D eigenvalue weighted by Crippen LogP contribution is 2.32. The van der Waals surface area contributed by atoms with E-state index < -0.39 is 6.04 Å². The fourth-order valence-corrected chi connectivity index (χ4v) is 3.68. The summed E-state index contributed by atoms with van der Waals surface area (Å²) in [5.74, 6) is -0.147. The van der Waals surface area contributed by atoms with Crippen molar-refractivity contribution in [2.75, 3.05) is 5.32 Å². The number of amides is 1. The first kappa shape index (κ1) is 18.7. The minimum absolute atomic E-state index is 0.147. The van der Waals surface area contributed by atoms with Gasteiger partial charge in [-0.2, -0.15) is 5.10 Å². The molecule has 0 bridgehead atoms. The Labute approximate surface area is 176 Å². The third-order valence-electron chi connectivity index (χ3n) is 4.59. The lowest BCUT2D eigenvalue weighted by atomic mass is 10.1. The summed E-state index contributed by atoms with van der Waals surface area (Å²) < 4.78 is 2.58. The van der Waals surface area contributed by atoms with Crippen LogP contribution < -0.4 is 5.32 Å². The van der Waals surface area contributed by atoms with Gasteiger partial charge in [-0.15, -0.1) is 0 Å². The molecule has 0 saturated carbocycles. The van der Waals surface area contributed by atoms with Crippen molar-refractivity contribution in [2.45, 2.75) is 13.0 Å². The van der Waals surface area contributed by atoms with Crippen LogP contribution >= 0.6 is 27.5 Å². The molecule has 0 saturated heterocycles. The van der Waals surface area contributed by atoms with Crippen molar-refractivity contribution in [3.8, 4) is 11.3 Å². The number of nitrogens with one attached hydrogen (secondary N) is 1. The molecule has 1 N–H and O–H groups in total. The van der Waals surface area contributed by atoms with Crippen LogP contribution in [-0.2, 0) is 4.79 Å². The van der Waals surface area contributed by atoms with Crippen LogP contribution in [0.4, 0.5) is 5.69 Å². The monoisotopic (exact) mass is 453 g/mol. The van der Waals surface area contributed by atoms with Crippen LogP contribution in [0.25, 0.3) is 22.2 Å². The molecule has 1 atom stereocenters. The summed E-state index contributed by atoms with van der Waals surface area (Å²) in [7, 11) is 0. The molecule has 140 valence electrons. The molecule has 4 nitrogen and oxygen atoms in total. The Morgan fingerprint density at radius 1 is 1.07 bits per heavy atom. The van der Waals surface area contributed by atoms with Gasteiger partial charge in [0, 0.05) is 20.4 Å². The second-order valence-corrected chi connectivity index (χ2v) is 7.76. The Morgan fingerprint density at radius 3 is 2.54 bits per heavy atom. The van der Waals surface area contributed by atoms with Crippen LogP contribution in [0.5, 0.6) is 0 Å². The van der Waals surface area contributed by atoms with E-state index in [0.717, 1.165) is 32.3 Å². The highest BCUT2D eigenvalue weighted by Gasteiger charge is 2.22. The third kappa shape index (κ3) is 3.55. The molecular weight excluding hydrogens is 438 g/mol. The fraction of sp³-hybridized carbons (Fsp3) is 0.0909. The topological polar surface area (TPSA) is 46.9 Å². The number of carbonyl (C=O) groups is 1. The zero-order valence-corrected chi connectivity index (χ0v) is 17.4. The van der Waals surface area contributed by atoms with Gasteiger partial charge in [-0.05, 0) is 53.2 Å². The summed E-state index contributed by atoms with van der Waals surface area (Å²) in [6.07, 6.45) is 0. The van der Waals surface area contributed by atoms with E-state index in [2.05, 4.69) is 21.2 Å². The van der Waals surface area contributed by atoms with E-state index in [-0.39, 0.29) is 5.91 Å². The molecule has 1 heterocycles. The molecule has 6 heteroatoms. The highest BCUT2D eigenvalue weighted by molar-refractivity contribution is 9.10. The number of nitrogens with zero attached hydrogens (tertiary/aromatic N) is 2. The molecule has 0 aliphatic carbocycles. The van der Waals surface area contributed by atoms with Crippen LogP contribution in [0, 0.1) is 0 Å². The molecule has 1 amide bonds. The standard InChI is InChI=1S/C22H17BrClN3O/c1-14(22(28)25-19-10-6-5-9-18(19)23)27-20-12-11-16(24)13-17(20)21(26-27)15-7-3-2-4-8-15/h2-14H,1H3,(H,25,28)/t14-/m0/s1. The number of rotatable bonds is 4. The van der Waals surface area contributed by atoms with Gasteiger partial charge in [0.1, 0.15) is 11.7 Å². The van der Waals surface area contributed by atoms with Crippen LogP contribution in [0.1, 0.15) is 13.0 Å². The van der Waals surface area contributed by atoms with E-state index in [1.807, 2.05) is 79.7 Å². The average Bonchev–Trinajstić information content (AvgIpc) is 3.08. The van der Waals surface area contributed by atoms with Gasteiger partial charge < -0.3 is 5.32 Å². The maximum atomic E-state index is 12.9. The summed E-state index contributed by atoms with van der Waals surface area (Å²) in [5.41, 5.74) is 3.37. The predicted octanol–water partition coefficient (Wildman–Crippen LogP) is 6.32. The average molecular weight is 455 g/mol. The normalized spacial score (nSPS) is 12.1. The smallest absolute Gasteiger partial charge is 0.249 e. The highest BCUT2D eigenvalue weighted by atomic mass is 79.9. The minimum Gasteiger partial charge on any atom is -0.323 e. The molecule has 3 aromatic carbocycles. The molecule has 0 aliphatic heterocycles. The molecular formula is C22H17BrClN3O. The van der Waals surface area contributed by atoms with E-state index in [0.29, 0.717) is 5.02 Å². The molecule has 1 aromatic heterocycles. The summed E-state index contributed by atoms with van der Waals surface area (Å²) in [6.45, 7) is 1.84. The van der Waals surface area contributed by atoms with Crippen molar-refractivity contribution in [1.29, 1.82) is 0 Å². The van der Waals surface area contributed by atoms with E-state index in [1.165, 1.54) is 0 Å². The Kier molecular flexibility index (Phi) is 5.20. The van der Waals surface area contributed by atoms with Gasteiger partial charge in [0.15, 0.2) is 0 Å². The van der Waals surface area contributed by atoms with E-state index in [4.69, 9.17) is 16.7 Å². The van der Waals surface area contributed by atoms with Gasteiger partial charge in [-0.1, -0.05) is 54.1 Å². The Hall–Kier alpha value is -2.63. The number of anilines is 1. The molecule has 0 radical (unpaired) electrons. The quantitative estimate of drug-likeness (QED) is 0.392. The first-order chi connectivity index (χ1) is 13.5. The van der Waals surface area contributed by atoms with Crippen molar-refractivity contribution in [3.05, 3.63) is 82.3 Å². The number of para-hydroxylation sites is 1. The fourth-order valence-electron chi connectivity index (χ4n) is 3.13. The van der Waals surface area contributed by atoms with Gasteiger partial charge in [-0.25, -0.2) is 0 Å². The number of carbonyl (C=O) groups excluding carboxylic acids is 1. The maximum Gasteiger partial charge on any atom is 0.249 e.